The van der Waals surface area contributed by atoms with E-state index in [0.717, 1.165) is 66.1 Å². The minimum Gasteiger partial charge on any atom is -0.376 e. The topological polar surface area (TPSA) is 160 Å². The Morgan fingerprint density at radius 2 is 1.57 bits per heavy atom. The fourth-order valence-corrected chi connectivity index (χ4v) is 6.45. The average molecular weight is 700 g/mol. The van der Waals surface area contributed by atoms with Crippen LogP contribution in [-0.4, -0.2) is 110 Å². The number of carbonyl (C=O) groups excluding carboxylic acids is 1. The molecule has 18 heteroatoms. The third-order valence-corrected chi connectivity index (χ3v) is 9.12. The first-order valence-corrected chi connectivity index (χ1v) is 16.3. The van der Waals surface area contributed by atoms with Gasteiger partial charge < -0.3 is 25.3 Å². The third-order valence-electron chi connectivity index (χ3n) is 8.91. The monoisotopic (exact) mass is 699 g/mol. The molecule has 0 bridgehead atoms. The van der Waals surface area contributed by atoms with Crippen molar-refractivity contribution < 1.29 is 18.0 Å². The zero-order valence-electron chi connectivity index (χ0n) is 27.0. The number of amides is 1. The molecule has 49 heavy (non-hydrogen) atoms. The predicted octanol–water partition coefficient (Wildman–Crippen LogP) is 4.11. The maximum absolute atomic E-state index is 13.0. The lowest BCUT2D eigenvalue weighted by Gasteiger charge is -2.38. The van der Waals surface area contributed by atoms with Gasteiger partial charge in [0, 0.05) is 56.5 Å². The van der Waals surface area contributed by atoms with Crippen LogP contribution in [0.4, 0.5) is 30.5 Å². The quantitative estimate of drug-likeness (QED) is 0.194. The molecule has 1 aromatic carbocycles. The van der Waals surface area contributed by atoms with Crippen molar-refractivity contribution in [2.45, 2.75) is 43.9 Å². The number of piperidine rings is 2. The number of aromatic nitrogens is 8. The second kappa shape index (κ2) is 14.8. The summed E-state index contributed by atoms with van der Waals surface area (Å²) < 4.78 is 39.0. The summed E-state index contributed by atoms with van der Waals surface area (Å²) in [7, 11) is 4.00. The molecule has 0 aliphatic carbocycles. The Kier molecular flexibility index (Phi) is 10.3. The van der Waals surface area contributed by atoms with Crippen molar-refractivity contribution in [3.8, 4) is 0 Å². The summed E-state index contributed by atoms with van der Waals surface area (Å²) in [6.07, 6.45) is 6.08. The first kappa shape index (κ1) is 34.1. The lowest BCUT2D eigenvalue weighted by Crippen LogP contribution is -2.50. The smallest absolute Gasteiger partial charge is 0.376 e. The number of likely N-dealkylation sites (N-methyl/N-ethyl adjacent to an activating group) is 2. The van der Waals surface area contributed by atoms with Crippen LogP contribution in [0.1, 0.15) is 31.2 Å². The van der Waals surface area contributed by atoms with Gasteiger partial charge in [0.15, 0.2) is 11.3 Å². The van der Waals surface area contributed by atoms with Gasteiger partial charge in [-0.05, 0) is 50.4 Å². The van der Waals surface area contributed by atoms with E-state index in [1.54, 1.807) is 23.6 Å². The van der Waals surface area contributed by atoms with Crippen molar-refractivity contribution in [2.24, 2.45) is 0 Å². The highest BCUT2D eigenvalue weighted by Crippen LogP contribution is 2.33. The Hall–Kier alpha value is -4.77. The molecule has 0 saturated carbocycles. The van der Waals surface area contributed by atoms with Crippen molar-refractivity contribution in [3.63, 3.8) is 0 Å². The summed E-state index contributed by atoms with van der Waals surface area (Å²) in [6, 6.07) is 3.68. The third kappa shape index (κ3) is 7.94. The highest BCUT2D eigenvalue weighted by molar-refractivity contribution is 6.31. The molecule has 2 saturated heterocycles. The lowest BCUT2D eigenvalue weighted by atomic mass is 10.0. The summed E-state index contributed by atoms with van der Waals surface area (Å²) in [5, 5.41) is 21.6. The van der Waals surface area contributed by atoms with Crippen LogP contribution in [-0.2, 0) is 11.0 Å². The molecular weight excluding hydrogens is 663 g/mol. The number of alkyl halides is 3. The van der Waals surface area contributed by atoms with Crippen LogP contribution in [0, 0.1) is 0 Å². The van der Waals surface area contributed by atoms with Crippen molar-refractivity contribution >= 4 is 56.9 Å². The zero-order valence-corrected chi connectivity index (χ0v) is 27.8. The zero-order chi connectivity index (χ0) is 34.5. The van der Waals surface area contributed by atoms with Crippen molar-refractivity contribution in [3.05, 3.63) is 53.8 Å². The minimum atomic E-state index is -4.52. The fraction of sp³-hybridized carbons (Fsp3) is 0.452. The Morgan fingerprint density at radius 3 is 2.18 bits per heavy atom. The van der Waals surface area contributed by atoms with Crippen molar-refractivity contribution in [2.75, 3.05) is 61.9 Å². The van der Waals surface area contributed by atoms with Crippen LogP contribution in [0.5, 0.6) is 0 Å². The Labute approximate surface area is 284 Å². The van der Waals surface area contributed by atoms with Gasteiger partial charge in [0.25, 0.3) is 0 Å². The average Bonchev–Trinajstić information content (AvgIpc) is 3.80. The maximum Gasteiger partial charge on any atom is 0.416 e. The van der Waals surface area contributed by atoms with E-state index in [1.165, 1.54) is 25.2 Å². The number of nitrogens with one attached hydrogen (secondary N) is 4. The van der Waals surface area contributed by atoms with Gasteiger partial charge in [-0.3, -0.25) is 15.0 Å². The van der Waals surface area contributed by atoms with Crippen LogP contribution in [0.3, 0.4) is 0 Å². The molecule has 2 fully saturated rings. The number of likely N-dealkylation sites (tertiary alicyclic amines) is 1. The molecule has 2 aliphatic heterocycles. The van der Waals surface area contributed by atoms with Gasteiger partial charge in [-0.2, -0.15) is 23.4 Å². The SMILES string of the molecule is CN(c1ncnc2[nH]ncc12)[C@H]1CCCN(C(=O)CNc2cc(Cl)cc(C(F)(F)F)c2)C1.CN(c1ncnc2[nH]ncc12)[C@H]1CCCNC1. The molecule has 0 spiro atoms. The molecule has 5 aromatic rings. The van der Waals surface area contributed by atoms with Crippen LogP contribution in [0.2, 0.25) is 5.02 Å². The summed E-state index contributed by atoms with van der Waals surface area (Å²) in [5.41, 5.74) is 0.711. The number of anilines is 3. The van der Waals surface area contributed by atoms with E-state index in [9.17, 15) is 18.0 Å². The number of nitrogens with zero attached hydrogens (tertiary/aromatic N) is 9. The number of rotatable bonds is 7. The summed E-state index contributed by atoms with van der Waals surface area (Å²) in [5.74, 6) is 1.48. The number of H-pyrrole nitrogens is 2. The summed E-state index contributed by atoms with van der Waals surface area (Å²) >= 11 is 5.81. The van der Waals surface area contributed by atoms with Gasteiger partial charge in [-0.15, -0.1) is 0 Å². The molecule has 260 valence electrons. The first-order valence-electron chi connectivity index (χ1n) is 15.9. The first-order chi connectivity index (χ1) is 23.6. The predicted molar refractivity (Wildman–Crippen MR) is 181 cm³/mol. The molecule has 14 nitrogen and oxygen atoms in total. The van der Waals surface area contributed by atoms with Gasteiger partial charge >= 0.3 is 6.18 Å². The number of carbonyl (C=O) groups is 1. The van der Waals surface area contributed by atoms with E-state index < -0.39 is 11.7 Å². The lowest BCUT2D eigenvalue weighted by molar-refractivity contribution is -0.137. The standard InChI is InChI=1S/C20H21ClF3N7O.C11H16N6/c1-30(19-16-8-28-29-18(16)26-11-27-19)15-3-2-4-31(10-15)17(32)9-25-14-6-12(20(22,23)24)5-13(21)7-14;1-17(8-3-2-4-12-5-8)11-9-6-15-16-10(9)13-7-14-11/h5-8,11,15,25H,2-4,9-10H2,1H3,(H,26,27,28,29);6-8,12H,2-5H2,1H3,(H,13,14,15,16)/t15-;8-/m00/s1. The Bertz CT molecular complexity index is 1880. The summed E-state index contributed by atoms with van der Waals surface area (Å²) in [6.45, 7) is 3.06. The van der Waals surface area contributed by atoms with Crippen molar-refractivity contribution in [1.29, 1.82) is 0 Å². The van der Waals surface area contributed by atoms with Crippen LogP contribution >= 0.6 is 11.6 Å². The highest BCUT2D eigenvalue weighted by atomic mass is 35.5. The maximum atomic E-state index is 13.0. The molecule has 4 N–H and O–H groups in total. The van der Waals surface area contributed by atoms with Gasteiger partial charge in [0.1, 0.15) is 24.3 Å². The van der Waals surface area contributed by atoms with E-state index in [2.05, 4.69) is 62.9 Å². The molecule has 2 atom stereocenters. The molecule has 1 amide bonds. The van der Waals surface area contributed by atoms with Crippen LogP contribution in [0.25, 0.3) is 22.1 Å². The number of halogens is 4. The number of hydrogen-bond acceptors (Lipinski definition) is 11. The van der Waals surface area contributed by atoms with Gasteiger partial charge in [0.2, 0.25) is 5.91 Å². The minimum absolute atomic E-state index is 0.0312. The fourth-order valence-electron chi connectivity index (χ4n) is 6.22. The highest BCUT2D eigenvalue weighted by Gasteiger charge is 2.32. The number of benzene rings is 1. The second-order valence-electron chi connectivity index (χ2n) is 12.1. The van der Waals surface area contributed by atoms with Gasteiger partial charge in [-0.1, -0.05) is 11.6 Å². The Morgan fingerprint density at radius 1 is 0.939 bits per heavy atom. The molecule has 2 aliphatic rings. The number of hydrogen-bond donors (Lipinski definition) is 4. The van der Waals surface area contributed by atoms with Crippen LogP contribution in [0.15, 0.2) is 43.2 Å². The molecule has 4 aromatic heterocycles. The van der Waals surface area contributed by atoms with Crippen molar-refractivity contribution in [1.82, 2.24) is 50.5 Å². The normalized spacial score (nSPS) is 18.2. The molecule has 6 heterocycles. The molecular formula is C31H37ClF3N13O. The van der Waals surface area contributed by atoms with E-state index in [-0.39, 0.29) is 29.2 Å². The molecule has 7 rings (SSSR count). The number of fused-ring (bicyclic) bond motifs is 2. The second-order valence-corrected chi connectivity index (χ2v) is 12.5. The largest absolute Gasteiger partial charge is 0.416 e. The van der Waals surface area contributed by atoms with E-state index >= 15 is 0 Å². The number of aromatic amines is 2. The van der Waals surface area contributed by atoms with Crippen LogP contribution < -0.4 is 20.4 Å². The molecule has 0 radical (unpaired) electrons. The van der Waals surface area contributed by atoms with Gasteiger partial charge in [-0.25, -0.2) is 19.9 Å². The van der Waals surface area contributed by atoms with E-state index in [1.807, 2.05) is 11.9 Å². The Balaban J connectivity index is 0.000000205. The van der Waals surface area contributed by atoms with E-state index in [4.69, 9.17) is 11.6 Å². The molecule has 0 unspecified atom stereocenters. The van der Waals surface area contributed by atoms with Gasteiger partial charge in [0.05, 0.1) is 35.3 Å². The van der Waals surface area contributed by atoms with E-state index in [0.29, 0.717) is 24.8 Å². The summed E-state index contributed by atoms with van der Waals surface area (Å²) in [4.78, 5) is 35.8.